The number of amides is 1. The summed E-state index contributed by atoms with van der Waals surface area (Å²) in [5, 5.41) is 0. The molecule has 3 atom stereocenters. The number of nitrogens with one attached hydrogen (secondary N) is 2. The van der Waals surface area contributed by atoms with E-state index in [0.29, 0.717) is 12.0 Å². The molecule has 29 heavy (non-hydrogen) atoms. The molecule has 0 spiro atoms. The molecule has 4 heteroatoms. The zero-order valence-corrected chi connectivity index (χ0v) is 17.0. The lowest BCUT2D eigenvalue weighted by molar-refractivity contribution is -0.136. The molecule has 1 amide bonds. The first-order chi connectivity index (χ1) is 14.3. The van der Waals surface area contributed by atoms with E-state index in [1.165, 1.54) is 30.4 Å². The monoisotopic (exact) mass is 389 g/mol. The summed E-state index contributed by atoms with van der Waals surface area (Å²) in [6, 6.07) is 21.9. The lowest BCUT2D eigenvalue weighted by Crippen LogP contribution is -2.55. The molecule has 2 saturated heterocycles. The average molecular weight is 390 g/mol. The van der Waals surface area contributed by atoms with Crippen molar-refractivity contribution in [2.75, 3.05) is 13.1 Å². The minimum absolute atomic E-state index is 0.0809. The SMILES string of the molecule is O=C(C1NNC2CCCCC21)N1CCCC(c2ccccc2)(c2ccccc2)C1. The molecule has 0 bridgehead atoms. The Bertz CT molecular complexity index is 798. The van der Waals surface area contributed by atoms with Crippen molar-refractivity contribution in [3.05, 3.63) is 71.8 Å². The Morgan fingerprint density at radius 2 is 1.52 bits per heavy atom. The molecule has 2 aromatic rings. The van der Waals surface area contributed by atoms with Crippen molar-refractivity contribution in [3.8, 4) is 0 Å². The molecule has 1 aliphatic carbocycles. The highest BCUT2D eigenvalue weighted by Gasteiger charge is 2.46. The second kappa shape index (κ2) is 7.92. The van der Waals surface area contributed by atoms with Gasteiger partial charge < -0.3 is 4.90 Å². The van der Waals surface area contributed by atoms with Crippen LogP contribution in [0.2, 0.25) is 0 Å². The Labute approximate surface area is 173 Å². The van der Waals surface area contributed by atoms with Crippen molar-refractivity contribution in [2.45, 2.75) is 56.0 Å². The summed E-state index contributed by atoms with van der Waals surface area (Å²) < 4.78 is 0. The molecule has 3 fully saturated rings. The van der Waals surface area contributed by atoms with Crippen molar-refractivity contribution >= 4 is 5.91 Å². The van der Waals surface area contributed by atoms with Gasteiger partial charge in [0.2, 0.25) is 5.91 Å². The highest BCUT2D eigenvalue weighted by molar-refractivity contribution is 5.83. The van der Waals surface area contributed by atoms with E-state index in [-0.39, 0.29) is 17.4 Å². The number of likely N-dealkylation sites (tertiary alicyclic amines) is 1. The standard InChI is InChI=1S/C25H31N3O/c29-24(23-21-14-7-8-15-22(21)26-27-23)28-17-9-16-25(18-28,19-10-3-1-4-11-19)20-12-5-2-6-13-20/h1-6,10-13,21-23,26-27H,7-9,14-18H2. The van der Waals surface area contributed by atoms with Gasteiger partial charge in [0.1, 0.15) is 6.04 Å². The summed E-state index contributed by atoms with van der Waals surface area (Å²) in [7, 11) is 0. The number of hydrogen-bond acceptors (Lipinski definition) is 3. The zero-order chi connectivity index (χ0) is 19.7. The van der Waals surface area contributed by atoms with Gasteiger partial charge in [0.25, 0.3) is 0 Å². The third-order valence-electron chi connectivity index (χ3n) is 7.39. The number of benzene rings is 2. The number of nitrogens with zero attached hydrogens (tertiary/aromatic N) is 1. The normalized spacial score (nSPS) is 28.7. The van der Waals surface area contributed by atoms with Gasteiger partial charge in [-0.1, -0.05) is 73.5 Å². The molecule has 0 aromatic heterocycles. The van der Waals surface area contributed by atoms with Crippen LogP contribution in [0.25, 0.3) is 0 Å². The molecule has 0 radical (unpaired) electrons. The summed E-state index contributed by atoms with van der Waals surface area (Å²) in [5.41, 5.74) is 9.28. The molecule has 2 aliphatic heterocycles. The van der Waals surface area contributed by atoms with Crippen LogP contribution in [0.4, 0.5) is 0 Å². The van der Waals surface area contributed by atoms with Crippen LogP contribution in [0.3, 0.4) is 0 Å². The lowest BCUT2D eigenvalue weighted by Gasteiger charge is -2.45. The second-order valence-corrected chi connectivity index (χ2v) is 9.00. The maximum atomic E-state index is 13.6. The van der Waals surface area contributed by atoms with Gasteiger partial charge in [-0.15, -0.1) is 0 Å². The van der Waals surface area contributed by atoms with E-state index in [1.807, 2.05) is 0 Å². The van der Waals surface area contributed by atoms with E-state index < -0.39 is 0 Å². The molecule has 1 saturated carbocycles. The Morgan fingerprint density at radius 3 is 2.21 bits per heavy atom. The van der Waals surface area contributed by atoms with Crippen LogP contribution in [-0.2, 0) is 10.2 Å². The molecule has 2 N–H and O–H groups in total. The fraction of sp³-hybridized carbons (Fsp3) is 0.480. The third-order valence-corrected chi connectivity index (χ3v) is 7.39. The van der Waals surface area contributed by atoms with Crippen LogP contribution in [0.15, 0.2) is 60.7 Å². The molecule has 5 rings (SSSR count). The molecule has 2 heterocycles. The first-order valence-electron chi connectivity index (χ1n) is 11.2. The highest BCUT2D eigenvalue weighted by atomic mass is 16.2. The van der Waals surface area contributed by atoms with Gasteiger partial charge in [-0.25, -0.2) is 5.43 Å². The maximum Gasteiger partial charge on any atom is 0.241 e. The lowest BCUT2D eigenvalue weighted by atomic mass is 9.69. The second-order valence-electron chi connectivity index (χ2n) is 9.00. The van der Waals surface area contributed by atoms with Crippen LogP contribution in [0.5, 0.6) is 0 Å². The van der Waals surface area contributed by atoms with Crippen molar-refractivity contribution in [1.82, 2.24) is 15.8 Å². The predicted molar refractivity (Wildman–Crippen MR) is 115 cm³/mol. The van der Waals surface area contributed by atoms with E-state index in [2.05, 4.69) is 76.4 Å². The topological polar surface area (TPSA) is 44.4 Å². The van der Waals surface area contributed by atoms with Gasteiger partial charge in [0.15, 0.2) is 0 Å². The largest absolute Gasteiger partial charge is 0.340 e. The quantitative estimate of drug-likeness (QED) is 0.843. The van der Waals surface area contributed by atoms with Gasteiger partial charge in [0.05, 0.1) is 0 Å². The Kier molecular flexibility index (Phi) is 5.15. The van der Waals surface area contributed by atoms with Crippen molar-refractivity contribution in [1.29, 1.82) is 0 Å². The summed E-state index contributed by atoms with van der Waals surface area (Å²) in [5.74, 6) is 0.712. The maximum absolute atomic E-state index is 13.6. The number of carbonyl (C=O) groups is 1. The minimum Gasteiger partial charge on any atom is -0.340 e. The fourth-order valence-corrected chi connectivity index (χ4v) is 5.88. The summed E-state index contributed by atoms with van der Waals surface area (Å²) in [6.07, 6.45) is 6.95. The number of hydrazine groups is 1. The summed E-state index contributed by atoms with van der Waals surface area (Å²) in [6.45, 7) is 1.62. The number of carbonyl (C=O) groups excluding carboxylic acids is 1. The molecule has 152 valence electrons. The third kappa shape index (κ3) is 3.38. The van der Waals surface area contributed by atoms with Crippen LogP contribution in [0, 0.1) is 5.92 Å². The van der Waals surface area contributed by atoms with E-state index in [1.54, 1.807) is 0 Å². The van der Waals surface area contributed by atoms with Crippen molar-refractivity contribution in [2.24, 2.45) is 5.92 Å². The van der Waals surface area contributed by atoms with Gasteiger partial charge in [-0.2, -0.15) is 0 Å². The number of hydrogen-bond donors (Lipinski definition) is 2. The van der Waals surface area contributed by atoms with Crippen LogP contribution in [0.1, 0.15) is 49.7 Å². The van der Waals surface area contributed by atoms with Crippen molar-refractivity contribution in [3.63, 3.8) is 0 Å². The van der Waals surface area contributed by atoms with Gasteiger partial charge in [-0.05, 0) is 36.8 Å². The number of rotatable bonds is 3. The molecular formula is C25H31N3O. The number of piperidine rings is 1. The first-order valence-corrected chi connectivity index (χ1v) is 11.2. The fourth-order valence-electron chi connectivity index (χ4n) is 5.88. The van der Waals surface area contributed by atoms with E-state index in [9.17, 15) is 4.79 Å². The molecule has 2 aromatic carbocycles. The van der Waals surface area contributed by atoms with Gasteiger partial charge >= 0.3 is 0 Å². The molecule has 3 unspecified atom stereocenters. The Morgan fingerprint density at radius 1 is 0.862 bits per heavy atom. The molecule has 4 nitrogen and oxygen atoms in total. The molecular weight excluding hydrogens is 358 g/mol. The van der Waals surface area contributed by atoms with E-state index in [4.69, 9.17) is 0 Å². The van der Waals surface area contributed by atoms with E-state index >= 15 is 0 Å². The average Bonchev–Trinajstić information content (AvgIpc) is 3.24. The van der Waals surface area contributed by atoms with E-state index in [0.717, 1.165) is 32.4 Å². The van der Waals surface area contributed by atoms with Gasteiger partial charge in [-0.3, -0.25) is 10.2 Å². The van der Waals surface area contributed by atoms with Crippen LogP contribution < -0.4 is 10.9 Å². The Balaban J connectivity index is 1.45. The predicted octanol–water partition coefficient (Wildman–Crippen LogP) is 3.63. The van der Waals surface area contributed by atoms with Crippen LogP contribution >= 0.6 is 0 Å². The zero-order valence-electron chi connectivity index (χ0n) is 17.0. The summed E-state index contributed by atoms with van der Waals surface area (Å²) in [4.78, 5) is 15.8. The smallest absolute Gasteiger partial charge is 0.241 e. The first kappa shape index (κ1) is 18.8. The number of fused-ring (bicyclic) bond motifs is 1. The highest BCUT2D eigenvalue weighted by Crippen LogP contribution is 2.41. The van der Waals surface area contributed by atoms with Crippen molar-refractivity contribution < 1.29 is 4.79 Å². The Hall–Kier alpha value is -2.17. The summed E-state index contributed by atoms with van der Waals surface area (Å²) >= 11 is 0. The van der Waals surface area contributed by atoms with Gasteiger partial charge in [0, 0.05) is 30.5 Å². The minimum atomic E-state index is -0.131. The molecule has 3 aliphatic rings. The van der Waals surface area contributed by atoms with Crippen LogP contribution in [-0.4, -0.2) is 36.0 Å².